The number of nitrogens with one attached hydrogen (secondary N) is 2. The van der Waals surface area contributed by atoms with Crippen LogP contribution in [0.5, 0.6) is 0 Å². The maximum atomic E-state index is 11.8. The van der Waals surface area contributed by atoms with E-state index >= 15 is 0 Å². The fourth-order valence-electron chi connectivity index (χ4n) is 3.33. The monoisotopic (exact) mass is 395 g/mol. The molecule has 3 N–H and O–H groups in total. The molecule has 4 heterocycles. The molecule has 1 aliphatic heterocycles. The van der Waals surface area contributed by atoms with Crippen molar-refractivity contribution in [3.05, 3.63) is 54.0 Å². The highest BCUT2D eigenvalue weighted by atomic mass is 16.3. The largest absolute Gasteiger partial charge is 0.457 e. The van der Waals surface area contributed by atoms with Crippen molar-refractivity contribution in [2.45, 2.75) is 18.9 Å². The normalized spacial score (nSPS) is 16.1. The van der Waals surface area contributed by atoms with Gasteiger partial charge in [-0.3, -0.25) is 15.1 Å². The Morgan fingerprint density at radius 1 is 1.17 bits per heavy atom. The number of hydrogen-bond donors (Lipinski definition) is 3. The molecule has 1 unspecified atom stereocenters. The van der Waals surface area contributed by atoms with E-state index in [1.807, 2.05) is 29.2 Å². The van der Waals surface area contributed by atoms with Crippen molar-refractivity contribution in [3.8, 4) is 0 Å². The number of urea groups is 1. The summed E-state index contributed by atoms with van der Waals surface area (Å²) in [7, 11) is 0. The number of furan rings is 1. The first-order valence-corrected chi connectivity index (χ1v) is 9.41. The number of amides is 3. The summed E-state index contributed by atoms with van der Waals surface area (Å²) in [5, 5.41) is 14.1. The molecule has 0 spiro atoms. The molecule has 3 aromatic rings. The van der Waals surface area contributed by atoms with E-state index in [4.69, 9.17) is 4.42 Å². The number of fused-ring (bicyclic) bond motifs is 1. The summed E-state index contributed by atoms with van der Waals surface area (Å²) in [6.07, 6.45) is 3.47. The third-order valence-electron chi connectivity index (χ3n) is 4.72. The predicted octanol–water partition coefficient (Wildman–Crippen LogP) is 1.53. The highest BCUT2D eigenvalue weighted by molar-refractivity contribution is 6.04. The molecule has 29 heavy (non-hydrogen) atoms. The van der Waals surface area contributed by atoms with Crippen molar-refractivity contribution in [1.29, 1.82) is 0 Å². The molecule has 0 saturated carbocycles. The lowest BCUT2D eigenvalue weighted by atomic mass is 10.2. The van der Waals surface area contributed by atoms with Gasteiger partial charge >= 0.3 is 6.03 Å². The SMILES string of the molecule is O=C1NC(=O)C(c2cc3nc(N(CCO)CCCc4ccccn4)ccc3o2)N1. The topological polar surface area (TPSA) is 121 Å². The van der Waals surface area contributed by atoms with Crippen LogP contribution in [0.3, 0.4) is 0 Å². The summed E-state index contributed by atoms with van der Waals surface area (Å²) in [5.41, 5.74) is 2.13. The van der Waals surface area contributed by atoms with Crippen LogP contribution in [-0.2, 0) is 11.2 Å². The summed E-state index contributed by atoms with van der Waals surface area (Å²) in [6.45, 7) is 1.17. The van der Waals surface area contributed by atoms with Gasteiger partial charge in [-0.25, -0.2) is 9.78 Å². The molecule has 0 aliphatic carbocycles. The fourth-order valence-corrected chi connectivity index (χ4v) is 3.33. The fraction of sp³-hybridized carbons (Fsp3) is 0.300. The van der Waals surface area contributed by atoms with Gasteiger partial charge in [-0.05, 0) is 37.1 Å². The lowest BCUT2D eigenvalue weighted by Gasteiger charge is -2.22. The zero-order chi connectivity index (χ0) is 20.2. The second-order valence-electron chi connectivity index (χ2n) is 6.73. The lowest BCUT2D eigenvalue weighted by Crippen LogP contribution is -2.28. The molecule has 1 atom stereocenters. The van der Waals surface area contributed by atoms with Crippen LogP contribution in [0.2, 0.25) is 0 Å². The Bertz CT molecular complexity index is 1020. The standard InChI is InChI=1S/C20H21N5O4/c26-11-10-25(9-3-5-13-4-1-2-8-21-13)17-7-6-15-14(22-17)12-16(29-15)18-19(27)24-20(28)23-18/h1-2,4,6-8,12,18,26H,3,5,9-11H2,(H2,23,24,27,28). The zero-order valence-corrected chi connectivity index (χ0v) is 15.7. The number of anilines is 1. The minimum absolute atomic E-state index is 0.00815. The van der Waals surface area contributed by atoms with Gasteiger partial charge in [0, 0.05) is 31.0 Å². The van der Waals surface area contributed by atoms with Crippen molar-refractivity contribution in [2.75, 3.05) is 24.6 Å². The lowest BCUT2D eigenvalue weighted by molar-refractivity contribution is -0.120. The molecule has 1 fully saturated rings. The third kappa shape index (κ3) is 4.19. The Morgan fingerprint density at radius 2 is 2.07 bits per heavy atom. The Morgan fingerprint density at radius 3 is 2.79 bits per heavy atom. The highest BCUT2D eigenvalue weighted by Crippen LogP contribution is 2.26. The summed E-state index contributed by atoms with van der Waals surface area (Å²) < 4.78 is 5.69. The van der Waals surface area contributed by atoms with E-state index in [-0.39, 0.29) is 6.61 Å². The molecular formula is C20H21N5O4. The van der Waals surface area contributed by atoms with Crippen LogP contribution in [0.1, 0.15) is 23.9 Å². The second-order valence-corrected chi connectivity index (χ2v) is 6.73. The second kappa shape index (κ2) is 8.27. The number of aliphatic hydroxyl groups excluding tert-OH is 1. The Labute approximate surface area is 166 Å². The summed E-state index contributed by atoms with van der Waals surface area (Å²) in [5.74, 6) is 0.586. The Kier molecular flexibility index (Phi) is 5.39. The van der Waals surface area contributed by atoms with E-state index in [2.05, 4.69) is 20.6 Å². The number of imide groups is 1. The molecular weight excluding hydrogens is 374 g/mol. The number of aromatic nitrogens is 2. The van der Waals surface area contributed by atoms with E-state index in [1.165, 1.54) is 0 Å². The van der Waals surface area contributed by atoms with Gasteiger partial charge in [0.1, 0.15) is 17.1 Å². The summed E-state index contributed by atoms with van der Waals surface area (Å²) in [6, 6.07) is 9.69. The molecule has 9 nitrogen and oxygen atoms in total. The molecule has 0 bridgehead atoms. The minimum atomic E-state index is -0.855. The van der Waals surface area contributed by atoms with Crippen LogP contribution in [0.4, 0.5) is 10.6 Å². The van der Waals surface area contributed by atoms with Crippen LogP contribution in [0.25, 0.3) is 11.1 Å². The number of carbonyl (C=O) groups is 2. The highest BCUT2D eigenvalue weighted by Gasteiger charge is 2.33. The molecule has 0 aromatic carbocycles. The molecule has 4 rings (SSSR count). The van der Waals surface area contributed by atoms with Crippen LogP contribution in [0.15, 0.2) is 47.0 Å². The van der Waals surface area contributed by atoms with Gasteiger partial charge in [0.15, 0.2) is 11.6 Å². The van der Waals surface area contributed by atoms with Gasteiger partial charge < -0.3 is 19.7 Å². The smallest absolute Gasteiger partial charge is 0.322 e. The van der Waals surface area contributed by atoms with E-state index < -0.39 is 18.0 Å². The van der Waals surface area contributed by atoms with Crippen molar-refractivity contribution < 1.29 is 19.1 Å². The first-order chi connectivity index (χ1) is 14.1. The molecule has 3 aromatic heterocycles. The van der Waals surface area contributed by atoms with E-state index in [0.29, 0.717) is 35.8 Å². The first-order valence-electron chi connectivity index (χ1n) is 9.41. The minimum Gasteiger partial charge on any atom is -0.457 e. The third-order valence-corrected chi connectivity index (χ3v) is 4.72. The van der Waals surface area contributed by atoms with Gasteiger partial charge in [-0.1, -0.05) is 6.07 Å². The predicted molar refractivity (Wildman–Crippen MR) is 105 cm³/mol. The number of hydrogen-bond acceptors (Lipinski definition) is 7. The molecule has 3 amide bonds. The van der Waals surface area contributed by atoms with Gasteiger partial charge in [-0.15, -0.1) is 0 Å². The number of aryl methyl sites for hydroxylation is 1. The average molecular weight is 395 g/mol. The summed E-state index contributed by atoms with van der Waals surface area (Å²) >= 11 is 0. The van der Waals surface area contributed by atoms with Gasteiger partial charge in [0.05, 0.1) is 6.61 Å². The van der Waals surface area contributed by atoms with E-state index in [1.54, 1.807) is 18.3 Å². The number of nitrogens with zero attached hydrogens (tertiary/aromatic N) is 3. The average Bonchev–Trinajstić information content (AvgIpc) is 3.29. The van der Waals surface area contributed by atoms with Gasteiger partial charge in [0.25, 0.3) is 5.91 Å². The van der Waals surface area contributed by atoms with Crippen molar-refractivity contribution in [3.63, 3.8) is 0 Å². The Balaban J connectivity index is 1.49. The van der Waals surface area contributed by atoms with Crippen molar-refractivity contribution in [2.24, 2.45) is 0 Å². The molecule has 9 heteroatoms. The zero-order valence-electron chi connectivity index (χ0n) is 15.7. The number of rotatable bonds is 8. The number of pyridine rings is 2. The maximum absolute atomic E-state index is 11.8. The van der Waals surface area contributed by atoms with E-state index in [9.17, 15) is 14.7 Å². The van der Waals surface area contributed by atoms with Crippen molar-refractivity contribution >= 4 is 28.9 Å². The van der Waals surface area contributed by atoms with Crippen LogP contribution in [0, 0.1) is 0 Å². The first kappa shape index (κ1) is 18.9. The number of carbonyl (C=O) groups excluding carboxylic acids is 2. The summed E-state index contributed by atoms with van der Waals surface area (Å²) in [4.78, 5) is 34.1. The van der Waals surface area contributed by atoms with Gasteiger partial charge in [-0.2, -0.15) is 0 Å². The van der Waals surface area contributed by atoms with Crippen molar-refractivity contribution in [1.82, 2.24) is 20.6 Å². The Hall–Kier alpha value is -3.46. The number of aliphatic hydroxyl groups is 1. The van der Waals surface area contributed by atoms with Crippen LogP contribution in [-0.4, -0.2) is 46.7 Å². The molecule has 1 aliphatic rings. The maximum Gasteiger partial charge on any atom is 0.322 e. The molecule has 150 valence electrons. The molecule has 0 radical (unpaired) electrons. The van der Waals surface area contributed by atoms with Gasteiger partial charge in [0.2, 0.25) is 0 Å². The van der Waals surface area contributed by atoms with Crippen LogP contribution >= 0.6 is 0 Å². The van der Waals surface area contributed by atoms with E-state index in [0.717, 1.165) is 18.5 Å². The van der Waals surface area contributed by atoms with Crippen LogP contribution < -0.4 is 15.5 Å². The molecule has 1 saturated heterocycles. The quantitative estimate of drug-likeness (QED) is 0.495.